The molecule has 0 heterocycles. The van der Waals surface area contributed by atoms with Gasteiger partial charge in [-0.05, 0) is 25.1 Å². The van der Waals surface area contributed by atoms with Crippen LogP contribution in [-0.4, -0.2) is 12.9 Å². The van der Waals surface area contributed by atoms with Crippen molar-refractivity contribution in [2.24, 2.45) is 4.99 Å². The highest BCUT2D eigenvalue weighted by Crippen LogP contribution is 2.27. The van der Waals surface area contributed by atoms with Crippen LogP contribution in [0.5, 0.6) is 0 Å². The summed E-state index contributed by atoms with van der Waals surface area (Å²) in [5, 5.41) is 1.10. The molecular weight excluding hydrogens is 223 g/mol. The summed E-state index contributed by atoms with van der Waals surface area (Å²) < 4.78 is 0. The van der Waals surface area contributed by atoms with Crippen molar-refractivity contribution < 1.29 is 4.84 Å². The fourth-order valence-corrected chi connectivity index (χ4v) is 1.26. The third kappa shape index (κ3) is 3.54. The summed E-state index contributed by atoms with van der Waals surface area (Å²) in [4.78, 5) is 8.88. The van der Waals surface area contributed by atoms with Crippen LogP contribution in [0.4, 0.5) is 5.69 Å². The molecule has 76 valence electrons. The van der Waals surface area contributed by atoms with Crippen LogP contribution < -0.4 is 5.48 Å². The van der Waals surface area contributed by atoms with Crippen LogP contribution in [0.3, 0.4) is 0 Å². The zero-order valence-electron chi connectivity index (χ0n) is 7.63. The van der Waals surface area contributed by atoms with E-state index in [4.69, 9.17) is 28.0 Å². The Kier molecular flexibility index (Phi) is 4.73. The van der Waals surface area contributed by atoms with Gasteiger partial charge in [-0.15, -0.1) is 0 Å². The zero-order valence-corrected chi connectivity index (χ0v) is 9.14. The van der Waals surface area contributed by atoms with Crippen LogP contribution >= 0.6 is 23.2 Å². The first-order valence-corrected chi connectivity index (χ1v) is 4.84. The molecule has 0 saturated carbocycles. The molecule has 0 radical (unpaired) electrons. The maximum atomic E-state index is 5.88. The summed E-state index contributed by atoms with van der Waals surface area (Å²) in [5.41, 5.74) is 3.18. The second-order valence-electron chi connectivity index (χ2n) is 2.40. The van der Waals surface area contributed by atoms with Crippen molar-refractivity contribution >= 4 is 35.2 Å². The Hall–Kier alpha value is -0.770. The molecule has 0 aliphatic rings. The standard InChI is InChI=1S/C9H10Cl2N2O/c1-2-14-13-6-12-9-4-3-7(10)5-8(9)11/h3-6H,2H2,1H3,(H,12,13). The van der Waals surface area contributed by atoms with Crippen molar-refractivity contribution in [1.82, 2.24) is 5.48 Å². The number of nitrogens with one attached hydrogen (secondary N) is 1. The minimum atomic E-state index is 0.507. The first-order chi connectivity index (χ1) is 6.74. The minimum Gasteiger partial charge on any atom is -0.276 e. The molecule has 0 aromatic heterocycles. The van der Waals surface area contributed by atoms with E-state index in [2.05, 4.69) is 10.5 Å². The van der Waals surface area contributed by atoms with E-state index >= 15 is 0 Å². The van der Waals surface area contributed by atoms with E-state index in [0.29, 0.717) is 22.3 Å². The van der Waals surface area contributed by atoms with Gasteiger partial charge in [0.15, 0.2) is 0 Å². The van der Waals surface area contributed by atoms with Crippen molar-refractivity contribution in [1.29, 1.82) is 0 Å². The van der Waals surface area contributed by atoms with E-state index in [-0.39, 0.29) is 0 Å². The van der Waals surface area contributed by atoms with Crippen molar-refractivity contribution in [3.05, 3.63) is 28.2 Å². The van der Waals surface area contributed by atoms with E-state index in [9.17, 15) is 0 Å². The second kappa shape index (κ2) is 5.86. The number of rotatable bonds is 4. The van der Waals surface area contributed by atoms with E-state index < -0.39 is 0 Å². The lowest BCUT2D eigenvalue weighted by molar-refractivity contribution is 0.100. The highest BCUT2D eigenvalue weighted by Gasteiger charge is 1.97. The van der Waals surface area contributed by atoms with Gasteiger partial charge in [0.05, 0.1) is 17.3 Å². The van der Waals surface area contributed by atoms with Crippen molar-refractivity contribution in [3.8, 4) is 0 Å². The van der Waals surface area contributed by atoms with Gasteiger partial charge in [-0.3, -0.25) is 10.3 Å². The monoisotopic (exact) mass is 232 g/mol. The van der Waals surface area contributed by atoms with Gasteiger partial charge in [0.1, 0.15) is 6.34 Å². The molecule has 0 unspecified atom stereocenters. The van der Waals surface area contributed by atoms with Crippen LogP contribution in [0.15, 0.2) is 23.2 Å². The number of hydrogen-bond acceptors (Lipinski definition) is 2. The molecule has 0 saturated heterocycles. The van der Waals surface area contributed by atoms with Crippen LogP contribution in [-0.2, 0) is 4.84 Å². The fourth-order valence-electron chi connectivity index (χ4n) is 0.802. The molecular formula is C9H10Cl2N2O. The lowest BCUT2D eigenvalue weighted by Crippen LogP contribution is -2.10. The summed E-state index contributed by atoms with van der Waals surface area (Å²) in [5.74, 6) is 0. The Balaban J connectivity index is 2.62. The van der Waals surface area contributed by atoms with Gasteiger partial charge >= 0.3 is 0 Å². The average molecular weight is 233 g/mol. The molecule has 1 aromatic rings. The first kappa shape index (κ1) is 11.3. The lowest BCUT2D eigenvalue weighted by Gasteiger charge is -1.99. The van der Waals surface area contributed by atoms with Crippen LogP contribution in [0, 0.1) is 0 Å². The number of benzene rings is 1. The van der Waals surface area contributed by atoms with Gasteiger partial charge in [0.25, 0.3) is 0 Å². The Labute approximate surface area is 92.6 Å². The predicted molar refractivity (Wildman–Crippen MR) is 59.4 cm³/mol. The molecule has 0 bridgehead atoms. The molecule has 0 aliphatic carbocycles. The molecule has 1 N–H and O–H groups in total. The van der Waals surface area contributed by atoms with Gasteiger partial charge in [-0.1, -0.05) is 23.2 Å². The van der Waals surface area contributed by atoms with Crippen molar-refractivity contribution in [2.75, 3.05) is 6.61 Å². The van der Waals surface area contributed by atoms with Gasteiger partial charge < -0.3 is 0 Å². The molecule has 1 aromatic carbocycles. The predicted octanol–water partition coefficient (Wildman–Crippen LogP) is 3.19. The van der Waals surface area contributed by atoms with Crippen molar-refractivity contribution in [2.45, 2.75) is 6.92 Å². The SMILES string of the molecule is CCONC=Nc1ccc(Cl)cc1Cl. The normalized spacial score (nSPS) is 10.8. The molecule has 5 heteroatoms. The summed E-state index contributed by atoms with van der Waals surface area (Å²) in [6.45, 7) is 2.44. The maximum Gasteiger partial charge on any atom is 0.113 e. The molecule has 0 amide bonds. The van der Waals surface area contributed by atoms with E-state index in [0.717, 1.165) is 0 Å². The third-order valence-corrected chi connectivity index (χ3v) is 1.93. The van der Waals surface area contributed by atoms with Gasteiger partial charge in [0, 0.05) is 5.02 Å². The summed E-state index contributed by atoms with van der Waals surface area (Å²) >= 11 is 11.6. The van der Waals surface area contributed by atoms with Crippen LogP contribution in [0.2, 0.25) is 10.0 Å². The molecule has 0 fully saturated rings. The van der Waals surface area contributed by atoms with Gasteiger partial charge in [-0.25, -0.2) is 4.99 Å². The van der Waals surface area contributed by atoms with Gasteiger partial charge in [-0.2, -0.15) is 0 Å². The lowest BCUT2D eigenvalue weighted by atomic mass is 10.3. The Morgan fingerprint density at radius 1 is 1.50 bits per heavy atom. The zero-order chi connectivity index (χ0) is 10.4. The van der Waals surface area contributed by atoms with E-state index in [1.807, 2.05) is 6.92 Å². The van der Waals surface area contributed by atoms with Crippen molar-refractivity contribution in [3.63, 3.8) is 0 Å². The first-order valence-electron chi connectivity index (χ1n) is 4.09. The fraction of sp³-hybridized carbons (Fsp3) is 0.222. The Bertz CT molecular complexity index is 329. The molecule has 0 spiro atoms. The number of aliphatic imine (C=N–C) groups is 1. The Morgan fingerprint density at radius 2 is 2.29 bits per heavy atom. The molecule has 0 aliphatic heterocycles. The maximum absolute atomic E-state index is 5.88. The molecule has 14 heavy (non-hydrogen) atoms. The summed E-state index contributed by atoms with van der Waals surface area (Å²) in [7, 11) is 0. The van der Waals surface area contributed by atoms with Crippen LogP contribution in [0.1, 0.15) is 6.92 Å². The highest BCUT2D eigenvalue weighted by atomic mass is 35.5. The average Bonchev–Trinajstić information content (AvgIpc) is 2.15. The number of nitrogens with zero attached hydrogens (tertiary/aromatic N) is 1. The smallest absolute Gasteiger partial charge is 0.113 e. The quantitative estimate of drug-likeness (QED) is 0.375. The molecule has 0 atom stereocenters. The highest BCUT2D eigenvalue weighted by molar-refractivity contribution is 6.36. The topological polar surface area (TPSA) is 33.6 Å². The summed E-state index contributed by atoms with van der Waals surface area (Å²) in [6, 6.07) is 5.09. The molecule has 1 rings (SSSR count). The van der Waals surface area contributed by atoms with Gasteiger partial charge in [0.2, 0.25) is 0 Å². The van der Waals surface area contributed by atoms with Crippen LogP contribution in [0.25, 0.3) is 0 Å². The number of hydroxylamine groups is 1. The summed E-state index contributed by atoms with van der Waals surface area (Å²) in [6.07, 6.45) is 1.43. The number of hydrogen-bond donors (Lipinski definition) is 1. The van der Waals surface area contributed by atoms with E-state index in [1.54, 1.807) is 18.2 Å². The Morgan fingerprint density at radius 3 is 2.93 bits per heavy atom. The largest absolute Gasteiger partial charge is 0.276 e. The molecule has 3 nitrogen and oxygen atoms in total. The second-order valence-corrected chi connectivity index (χ2v) is 3.25. The number of halogens is 2. The minimum absolute atomic E-state index is 0.507. The third-order valence-electron chi connectivity index (χ3n) is 1.39. The van der Waals surface area contributed by atoms with E-state index in [1.165, 1.54) is 6.34 Å².